The molecule has 1 fully saturated rings. The number of carbonyl (C=O) groups is 2. The fourth-order valence-electron chi connectivity index (χ4n) is 2.61. The molecule has 1 amide bonds. The van der Waals surface area contributed by atoms with Gasteiger partial charge in [-0.15, -0.1) is 0 Å². The van der Waals surface area contributed by atoms with Crippen molar-refractivity contribution in [3.8, 4) is 0 Å². The molecule has 1 unspecified atom stereocenters. The van der Waals surface area contributed by atoms with E-state index in [4.69, 9.17) is 4.42 Å². The zero-order valence-electron chi connectivity index (χ0n) is 12.8. The van der Waals surface area contributed by atoms with E-state index in [1.165, 1.54) is 7.11 Å². The van der Waals surface area contributed by atoms with Crippen LogP contribution in [0.25, 0.3) is 0 Å². The van der Waals surface area contributed by atoms with E-state index in [9.17, 15) is 9.59 Å². The lowest BCUT2D eigenvalue weighted by Gasteiger charge is -2.26. The molecular weight excluding hydrogens is 272 g/mol. The van der Waals surface area contributed by atoms with Gasteiger partial charge in [0.1, 0.15) is 5.76 Å². The first kappa shape index (κ1) is 15.6. The highest BCUT2D eigenvalue weighted by Crippen LogP contribution is 2.24. The van der Waals surface area contributed by atoms with Crippen molar-refractivity contribution in [1.29, 1.82) is 0 Å². The maximum atomic E-state index is 11.4. The summed E-state index contributed by atoms with van der Waals surface area (Å²) in [5.41, 5.74) is 0. The van der Waals surface area contributed by atoms with Gasteiger partial charge in [0.2, 0.25) is 11.7 Å². The van der Waals surface area contributed by atoms with Gasteiger partial charge >= 0.3 is 5.97 Å². The summed E-state index contributed by atoms with van der Waals surface area (Å²) in [5.74, 6) is 0.619. The number of esters is 1. The van der Waals surface area contributed by atoms with Crippen molar-refractivity contribution in [2.24, 2.45) is 0 Å². The molecule has 1 aromatic rings. The summed E-state index contributed by atoms with van der Waals surface area (Å²) in [7, 11) is 1.33. The molecule has 21 heavy (non-hydrogen) atoms. The molecule has 0 N–H and O–H groups in total. The number of rotatable bonds is 3. The molecule has 1 aliphatic rings. The summed E-state index contributed by atoms with van der Waals surface area (Å²) in [6, 6.07) is 3.51. The van der Waals surface area contributed by atoms with Crippen LogP contribution in [0, 0.1) is 0 Å². The van der Waals surface area contributed by atoms with E-state index in [2.05, 4.69) is 9.64 Å². The molecule has 2 heterocycles. The Kier molecular flexibility index (Phi) is 5.01. The highest BCUT2D eigenvalue weighted by atomic mass is 16.5. The highest BCUT2D eigenvalue weighted by molar-refractivity contribution is 5.86. The van der Waals surface area contributed by atoms with Crippen LogP contribution in [0.4, 0.5) is 0 Å². The molecule has 0 aromatic carbocycles. The number of methoxy groups -OCH3 is 1. The van der Waals surface area contributed by atoms with Gasteiger partial charge in [0.25, 0.3) is 0 Å². The Hall–Kier alpha value is -1.82. The molecule has 0 spiro atoms. The normalized spacial score (nSPS) is 18.1. The standard InChI is InChI=1S/C15H22N2O4/c1-11(13-5-6-14(21-13)15(19)20-3)16-7-4-8-17(10-9-16)12(2)18/h5-6,11H,4,7-10H2,1-3H3. The first-order valence-corrected chi connectivity index (χ1v) is 7.20. The minimum atomic E-state index is -0.466. The van der Waals surface area contributed by atoms with Crippen molar-refractivity contribution in [2.45, 2.75) is 26.3 Å². The van der Waals surface area contributed by atoms with Gasteiger partial charge in [-0.05, 0) is 25.5 Å². The quantitative estimate of drug-likeness (QED) is 0.794. The fourth-order valence-corrected chi connectivity index (χ4v) is 2.61. The van der Waals surface area contributed by atoms with E-state index in [0.29, 0.717) is 0 Å². The number of hydrogen-bond donors (Lipinski definition) is 0. The van der Waals surface area contributed by atoms with Crippen LogP contribution in [0.15, 0.2) is 16.5 Å². The average molecular weight is 294 g/mol. The predicted molar refractivity (Wildman–Crippen MR) is 76.9 cm³/mol. The summed E-state index contributed by atoms with van der Waals surface area (Å²) < 4.78 is 10.2. The largest absolute Gasteiger partial charge is 0.463 e. The van der Waals surface area contributed by atoms with E-state index in [0.717, 1.165) is 38.4 Å². The van der Waals surface area contributed by atoms with E-state index < -0.39 is 5.97 Å². The second kappa shape index (κ2) is 6.76. The Labute approximate surface area is 124 Å². The maximum Gasteiger partial charge on any atom is 0.373 e. The Morgan fingerprint density at radius 1 is 1.24 bits per heavy atom. The van der Waals surface area contributed by atoms with E-state index in [-0.39, 0.29) is 17.7 Å². The molecule has 6 heteroatoms. The minimum Gasteiger partial charge on any atom is -0.463 e. The van der Waals surface area contributed by atoms with Crippen LogP contribution in [-0.2, 0) is 9.53 Å². The molecular formula is C15H22N2O4. The Bertz CT molecular complexity index is 512. The average Bonchev–Trinajstić information content (AvgIpc) is 2.83. The second-order valence-electron chi connectivity index (χ2n) is 5.27. The smallest absolute Gasteiger partial charge is 0.373 e. The molecule has 0 aliphatic carbocycles. The molecule has 1 saturated heterocycles. The van der Waals surface area contributed by atoms with E-state index in [1.807, 2.05) is 17.9 Å². The molecule has 1 aromatic heterocycles. The molecule has 0 bridgehead atoms. The van der Waals surface area contributed by atoms with Crippen LogP contribution in [-0.4, -0.2) is 55.0 Å². The lowest BCUT2D eigenvalue weighted by atomic mass is 10.2. The molecule has 0 saturated carbocycles. The summed E-state index contributed by atoms with van der Waals surface area (Å²) >= 11 is 0. The molecule has 1 atom stereocenters. The topological polar surface area (TPSA) is 63.0 Å². The number of hydrogen-bond acceptors (Lipinski definition) is 5. The Morgan fingerprint density at radius 2 is 2.00 bits per heavy atom. The van der Waals surface area contributed by atoms with Crippen LogP contribution in [0.2, 0.25) is 0 Å². The van der Waals surface area contributed by atoms with Crippen LogP contribution in [0.5, 0.6) is 0 Å². The highest BCUT2D eigenvalue weighted by Gasteiger charge is 2.24. The zero-order chi connectivity index (χ0) is 15.4. The van der Waals surface area contributed by atoms with Crippen LogP contribution in [0.1, 0.15) is 42.6 Å². The van der Waals surface area contributed by atoms with Crippen molar-refractivity contribution in [2.75, 3.05) is 33.3 Å². The van der Waals surface area contributed by atoms with Crippen molar-refractivity contribution in [1.82, 2.24) is 9.80 Å². The summed E-state index contributed by atoms with van der Waals surface area (Å²) in [6.07, 6.45) is 0.939. The Morgan fingerprint density at radius 3 is 2.67 bits per heavy atom. The van der Waals surface area contributed by atoms with Gasteiger partial charge in [-0.25, -0.2) is 4.79 Å². The summed E-state index contributed by atoms with van der Waals surface area (Å²) in [5, 5.41) is 0. The van der Waals surface area contributed by atoms with Gasteiger partial charge in [-0.2, -0.15) is 0 Å². The Balaban J connectivity index is 2.02. The number of furan rings is 1. The number of carbonyl (C=O) groups excluding carboxylic acids is 2. The van der Waals surface area contributed by atoms with Crippen LogP contribution >= 0.6 is 0 Å². The van der Waals surface area contributed by atoms with Crippen molar-refractivity contribution in [3.63, 3.8) is 0 Å². The third kappa shape index (κ3) is 3.64. The summed E-state index contributed by atoms with van der Waals surface area (Å²) in [4.78, 5) is 27.0. The lowest BCUT2D eigenvalue weighted by molar-refractivity contribution is -0.128. The van der Waals surface area contributed by atoms with E-state index >= 15 is 0 Å². The van der Waals surface area contributed by atoms with Gasteiger partial charge < -0.3 is 14.1 Å². The molecule has 6 nitrogen and oxygen atoms in total. The number of nitrogens with zero attached hydrogens (tertiary/aromatic N) is 2. The molecule has 2 rings (SSSR count). The fraction of sp³-hybridized carbons (Fsp3) is 0.600. The predicted octanol–water partition coefficient (Wildman–Crippen LogP) is 1.68. The third-order valence-electron chi connectivity index (χ3n) is 3.95. The number of ether oxygens (including phenoxy) is 1. The summed E-state index contributed by atoms with van der Waals surface area (Å²) in [6.45, 7) is 6.88. The van der Waals surface area contributed by atoms with Crippen LogP contribution < -0.4 is 0 Å². The second-order valence-corrected chi connectivity index (χ2v) is 5.27. The first-order chi connectivity index (χ1) is 10.0. The number of amides is 1. The van der Waals surface area contributed by atoms with Gasteiger partial charge in [-0.1, -0.05) is 0 Å². The molecule has 0 radical (unpaired) electrons. The van der Waals surface area contributed by atoms with Crippen LogP contribution in [0.3, 0.4) is 0 Å². The first-order valence-electron chi connectivity index (χ1n) is 7.20. The van der Waals surface area contributed by atoms with Crippen molar-refractivity contribution < 1.29 is 18.7 Å². The van der Waals surface area contributed by atoms with Crippen molar-refractivity contribution in [3.05, 3.63) is 23.7 Å². The van der Waals surface area contributed by atoms with Gasteiger partial charge in [0.05, 0.1) is 13.2 Å². The lowest BCUT2D eigenvalue weighted by Crippen LogP contribution is -2.34. The van der Waals surface area contributed by atoms with Gasteiger partial charge in [0, 0.05) is 33.1 Å². The maximum absolute atomic E-state index is 11.4. The minimum absolute atomic E-state index is 0.0651. The third-order valence-corrected chi connectivity index (χ3v) is 3.95. The van der Waals surface area contributed by atoms with Gasteiger partial charge in [-0.3, -0.25) is 9.69 Å². The SMILES string of the molecule is COC(=O)c1ccc(C(C)N2CCCN(C(C)=O)CC2)o1. The molecule has 1 aliphatic heterocycles. The zero-order valence-corrected chi connectivity index (χ0v) is 12.8. The van der Waals surface area contributed by atoms with Crippen molar-refractivity contribution >= 4 is 11.9 Å². The molecule has 116 valence electrons. The van der Waals surface area contributed by atoms with Gasteiger partial charge in [0.15, 0.2) is 0 Å². The monoisotopic (exact) mass is 294 g/mol. The van der Waals surface area contributed by atoms with E-state index in [1.54, 1.807) is 13.0 Å².